The van der Waals surface area contributed by atoms with Crippen LogP contribution in [0.5, 0.6) is 11.6 Å². The van der Waals surface area contributed by atoms with E-state index in [1.807, 2.05) is 6.92 Å². The van der Waals surface area contributed by atoms with Crippen molar-refractivity contribution in [3.8, 4) is 17.3 Å². The second kappa shape index (κ2) is 10.1. The Hall–Kier alpha value is -4.58. The Morgan fingerprint density at radius 2 is 1.89 bits per heavy atom. The molecule has 178 valence electrons. The van der Waals surface area contributed by atoms with Crippen molar-refractivity contribution >= 4 is 34.3 Å². The molecule has 2 heterocycles. The number of ether oxygens (including phenoxy) is 1. The fourth-order valence-corrected chi connectivity index (χ4v) is 3.75. The van der Waals surface area contributed by atoms with E-state index in [0.29, 0.717) is 27.8 Å². The summed E-state index contributed by atoms with van der Waals surface area (Å²) < 4.78 is 6.05. The molecule has 35 heavy (non-hydrogen) atoms. The standard InChI is InChI=1S/C23H20N6O5S/c1-3-18-27-28-22(35-18)25-19(30)13-4-6-14(7-5-13)24-12-17-20(31)26-23(33)29(21(17)32)15-8-10-16(34-2)11-9-15/h4-12,32H,3H2,1-2H3,(H,25,28,30)(H,26,31,33). The fraction of sp³-hybridized carbons (Fsp3) is 0.130. The van der Waals surface area contributed by atoms with Gasteiger partial charge in [-0.05, 0) is 55.0 Å². The molecule has 0 radical (unpaired) electrons. The third-order valence-corrected chi connectivity index (χ3v) is 5.90. The van der Waals surface area contributed by atoms with E-state index in [1.165, 1.54) is 18.4 Å². The maximum Gasteiger partial charge on any atom is 0.335 e. The van der Waals surface area contributed by atoms with Crippen molar-refractivity contribution in [2.45, 2.75) is 13.3 Å². The second-order valence-corrected chi connectivity index (χ2v) is 8.21. The molecule has 0 atom stereocenters. The van der Waals surface area contributed by atoms with Crippen LogP contribution in [0.15, 0.2) is 63.1 Å². The van der Waals surface area contributed by atoms with Gasteiger partial charge in [-0.25, -0.2) is 9.36 Å². The van der Waals surface area contributed by atoms with Crippen LogP contribution in [0.2, 0.25) is 0 Å². The summed E-state index contributed by atoms with van der Waals surface area (Å²) >= 11 is 1.31. The van der Waals surface area contributed by atoms with Gasteiger partial charge in [0, 0.05) is 11.8 Å². The number of amides is 1. The van der Waals surface area contributed by atoms with Crippen molar-refractivity contribution in [3.63, 3.8) is 0 Å². The van der Waals surface area contributed by atoms with Crippen molar-refractivity contribution in [1.82, 2.24) is 19.7 Å². The highest BCUT2D eigenvalue weighted by Crippen LogP contribution is 2.20. The first kappa shape index (κ1) is 23.6. The van der Waals surface area contributed by atoms with E-state index < -0.39 is 17.1 Å². The normalized spacial score (nSPS) is 11.0. The summed E-state index contributed by atoms with van der Waals surface area (Å²) in [6.45, 7) is 1.95. The molecule has 4 rings (SSSR count). The Morgan fingerprint density at radius 3 is 2.51 bits per heavy atom. The Bertz CT molecular complexity index is 1500. The molecule has 0 aliphatic rings. The van der Waals surface area contributed by atoms with Gasteiger partial charge in [0.2, 0.25) is 11.0 Å². The van der Waals surface area contributed by atoms with E-state index in [0.717, 1.165) is 22.2 Å². The highest BCUT2D eigenvalue weighted by atomic mass is 32.1. The van der Waals surface area contributed by atoms with Crippen LogP contribution < -0.4 is 21.3 Å². The molecule has 3 N–H and O–H groups in total. The summed E-state index contributed by atoms with van der Waals surface area (Å²) in [5, 5.41) is 22.4. The molecule has 2 aromatic heterocycles. The lowest BCUT2D eigenvalue weighted by molar-refractivity contribution is 0.102. The number of aromatic hydroxyl groups is 1. The van der Waals surface area contributed by atoms with Gasteiger partial charge in [-0.2, -0.15) is 0 Å². The topological polar surface area (TPSA) is 152 Å². The molecule has 0 aliphatic carbocycles. The molecule has 0 bridgehead atoms. The number of aryl methyl sites for hydroxylation is 1. The van der Waals surface area contributed by atoms with E-state index in [9.17, 15) is 19.5 Å². The third kappa shape index (κ3) is 5.17. The van der Waals surface area contributed by atoms with Gasteiger partial charge in [0.15, 0.2) is 0 Å². The number of rotatable bonds is 7. The molecule has 1 amide bonds. The maximum atomic E-state index is 12.4. The summed E-state index contributed by atoms with van der Waals surface area (Å²) in [5.74, 6) is -0.342. The van der Waals surface area contributed by atoms with E-state index in [-0.39, 0.29) is 11.5 Å². The molecule has 12 heteroatoms. The SMILES string of the molecule is CCc1nnc(NC(=O)c2ccc(N=Cc3c(O)n(-c4ccc(OC)cc4)c(=O)[nH]c3=O)cc2)s1. The van der Waals surface area contributed by atoms with Crippen molar-refractivity contribution in [2.75, 3.05) is 12.4 Å². The fourth-order valence-electron chi connectivity index (χ4n) is 3.08. The summed E-state index contributed by atoms with van der Waals surface area (Å²) in [5.41, 5.74) is -0.661. The number of hydrogen-bond donors (Lipinski definition) is 3. The zero-order valence-corrected chi connectivity index (χ0v) is 19.5. The Labute approximate surface area is 202 Å². The second-order valence-electron chi connectivity index (χ2n) is 7.14. The van der Waals surface area contributed by atoms with Crippen molar-refractivity contribution < 1.29 is 14.6 Å². The smallest absolute Gasteiger partial charge is 0.335 e. The number of aromatic amines is 1. The van der Waals surface area contributed by atoms with Crippen LogP contribution in [-0.2, 0) is 6.42 Å². The minimum Gasteiger partial charge on any atom is -0.497 e. The molecule has 0 spiro atoms. The van der Waals surface area contributed by atoms with Gasteiger partial charge in [-0.15, -0.1) is 10.2 Å². The van der Waals surface area contributed by atoms with Gasteiger partial charge < -0.3 is 9.84 Å². The van der Waals surface area contributed by atoms with Crippen molar-refractivity contribution in [3.05, 3.63) is 85.5 Å². The number of methoxy groups -OCH3 is 1. The van der Waals surface area contributed by atoms with Crippen LogP contribution in [0.1, 0.15) is 27.9 Å². The minimum atomic E-state index is -0.799. The molecule has 0 saturated heterocycles. The predicted molar refractivity (Wildman–Crippen MR) is 132 cm³/mol. The number of nitrogens with zero attached hydrogens (tertiary/aromatic N) is 4. The largest absolute Gasteiger partial charge is 0.497 e. The lowest BCUT2D eigenvalue weighted by Gasteiger charge is -2.10. The number of benzene rings is 2. The van der Waals surface area contributed by atoms with Crippen LogP contribution in [0.3, 0.4) is 0 Å². The van der Waals surface area contributed by atoms with E-state index in [4.69, 9.17) is 4.74 Å². The first-order valence-corrected chi connectivity index (χ1v) is 11.2. The lowest BCUT2D eigenvalue weighted by Crippen LogP contribution is -2.31. The molecule has 0 saturated carbocycles. The third-order valence-electron chi connectivity index (χ3n) is 4.91. The molecule has 0 aliphatic heterocycles. The first-order chi connectivity index (χ1) is 16.9. The van der Waals surface area contributed by atoms with E-state index >= 15 is 0 Å². The number of aromatic nitrogens is 4. The molecule has 11 nitrogen and oxygen atoms in total. The number of nitrogens with one attached hydrogen (secondary N) is 2. The van der Waals surface area contributed by atoms with E-state index in [1.54, 1.807) is 48.5 Å². The van der Waals surface area contributed by atoms with Gasteiger partial charge >= 0.3 is 5.69 Å². The average molecular weight is 493 g/mol. The molecule has 2 aromatic carbocycles. The molecular formula is C23H20N6O5S. The Kier molecular flexibility index (Phi) is 6.83. The quantitative estimate of drug-likeness (QED) is 0.335. The van der Waals surface area contributed by atoms with Crippen LogP contribution in [0.25, 0.3) is 5.69 Å². The number of carbonyl (C=O) groups excluding carboxylic acids is 1. The van der Waals surface area contributed by atoms with Gasteiger partial charge in [0.05, 0.1) is 18.5 Å². The number of carbonyl (C=O) groups is 1. The zero-order valence-electron chi connectivity index (χ0n) is 18.7. The van der Waals surface area contributed by atoms with Crippen LogP contribution >= 0.6 is 11.3 Å². The number of anilines is 1. The number of hydrogen-bond acceptors (Lipinski definition) is 9. The van der Waals surface area contributed by atoms with Crippen LogP contribution in [0.4, 0.5) is 10.8 Å². The lowest BCUT2D eigenvalue weighted by atomic mass is 10.2. The Balaban J connectivity index is 1.55. The molecular weight excluding hydrogens is 472 g/mol. The minimum absolute atomic E-state index is 0.203. The van der Waals surface area contributed by atoms with Crippen molar-refractivity contribution in [1.29, 1.82) is 0 Å². The average Bonchev–Trinajstić information content (AvgIpc) is 3.32. The van der Waals surface area contributed by atoms with Gasteiger partial charge in [-0.1, -0.05) is 18.3 Å². The Morgan fingerprint density at radius 1 is 1.17 bits per heavy atom. The summed E-state index contributed by atoms with van der Waals surface area (Å²) in [7, 11) is 1.51. The van der Waals surface area contributed by atoms with Gasteiger partial charge in [-0.3, -0.25) is 24.9 Å². The first-order valence-electron chi connectivity index (χ1n) is 10.4. The monoisotopic (exact) mass is 492 g/mol. The van der Waals surface area contributed by atoms with Crippen molar-refractivity contribution in [2.24, 2.45) is 4.99 Å². The molecule has 0 fully saturated rings. The molecule has 0 unspecified atom stereocenters. The van der Waals surface area contributed by atoms with Gasteiger partial charge in [0.25, 0.3) is 11.5 Å². The highest BCUT2D eigenvalue weighted by molar-refractivity contribution is 7.15. The molecule has 4 aromatic rings. The number of aliphatic imine (C=N–C) groups is 1. The van der Waals surface area contributed by atoms with Crippen LogP contribution in [0, 0.1) is 0 Å². The predicted octanol–water partition coefficient (Wildman–Crippen LogP) is 2.66. The number of H-pyrrole nitrogens is 1. The van der Waals surface area contributed by atoms with Crippen LogP contribution in [-0.4, -0.2) is 44.1 Å². The summed E-state index contributed by atoms with van der Waals surface area (Å²) in [6, 6.07) is 12.6. The highest BCUT2D eigenvalue weighted by Gasteiger charge is 2.15. The summed E-state index contributed by atoms with van der Waals surface area (Å²) in [4.78, 5) is 43.4. The maximum absolute atomic E-state index is 12.4. The summed E-state index contributed by atoms with van der Waals surface area (Å²) in [6.07, 6.45) is 1.88. The zero-order chi connectivity index (χ0) is 24.9. The van der Waals surface area contributed by atoms with Gasteiger partial charge in [0.1, 0.15) is 16.3 Å². The van der Waals surface area contributed by atoms with E-state index in [2.05, 4.69) is 25.5 Å².